The van der Waals surface area contributed by atoms with Gasteiger partial charge in [0.05, 0.1) is 35.6 Å². The number of hydrogen-bond donors (Lipinski definition) is 1. The molecule has 0 aliphatic carbocycles. The summed E-state index contributed by atoms with van der Waals surface area (Å²) in [6.45, 7) is 0.504. The number of rotatable bonds is 4. The van der Waals surface area contributed by atoms with Gasteiger partial charge in [0, 0.05) is 0 Å². The number of methoxy groups -OCH3 is 1. The van der Waals surface area contributed by atoms with Crippen LogP contribution in [0.1, 0.15) is 16.1 Å². The van der Waals surface area contributed by atoms with Crippen LogP contribution in [0.2, 0.25) is 5.02 Å². The molecular weight excluding hydrogens is 344 g/mol. The van der Waals surface area contributed by atoms with Crippen molar-refractivity contribution in [2.45, 2.75) is 6.54 Å². The first-order valence-corrected chi connectivity index (χ1v) is 7.00. The number of benzene rings is 1. The predicted octanol–water partition coefficient (Wildman–Crippen LogP) is 3.90. The van der Waals surface area contributed by atoms with Gasteiger partial charge in [0.25, 0.3) is 0 Å². The fraction of sp³-hybridized carbons (Fsp3) is 0.143. The molecule has 1 heterocycles. The Morgan fingerprint density at radius 1 is 1.40 bits per heavy atom. The van der Waals surface area contributed by atoms with Crippen molar-refractivity contribution in [1.29, 1.82) is 0 Å². The summed E-state index contributed by atoms with van der Waals surface area (Å²) < 4.78 is 5.45. The zero-order chi connectivity index (χ0) is 14.5. The van der Waals surface area contributed by atoms with Gasteiger partial charge in [-0.05, 0) is 46.3 Å². The molecule has 6 heteroatoms. The molecule has 0 aliphatic rings. The number of nitrogens with one attached hydrogen (secondary N) is 1. The summed E-state index contributed by atoms with van der Waals surface area (Å²) in [6.07, 6.45) is 0. The molecule has 1 N–H and O–H groups in total. The molecule has 0 bridgehead atoms. The van der Waals surface area contributed by atoms with Crippen LogP contribution in [0.15, 0.2) is 41.0 Å². The number of hydrogen-bond acceptors (Lipinski definition) is 4. The third-order valence-electron chi connectivity index (χ3n) is 2.62. The van der Waals surface area contributed by atoms with Crippen molar-refractivity contribution >= 4 is 39.2 Å². The third-order valence-corrected chi connectivity index (χ3v) is 3.39. The lowest BCUT2D eigenvalue weighted by Crippen LogP contribution is -2.05. The van der Waals surface area contributed by atoms with E-state index in [-0.39, 0.29) is 0 Å². The molecule has 4 nitrogen and oxygen atoms in total. The maximum absolute atomic E-state index is 11.5. The first-order chi connectivity index (χ1) is 9.60. The minimum atomic E-state index is -0.398. The van der Waals surface area contributed by atoms with E-state index in [9.17, 15) is 4.79 Å². The second kappa shape index (κ2) is 6.72. The molecule has 2 aromatic rings. The molecule has 0 saturated heterocycles. The molecule has 0 fully saturated rings. The Labute approximate surface area is 130 Å². The van der Waals surface area contributed by atoms with Crippen molar-refractivity contribution in [3.8, 4) is 0 Å². The Kier molecular flexibility index (Phi) is 4.98. The first-order valence-electron chi connectivity index (χ1n) is 5.83. The van der Waals surface area contributed by atoms with Gasteiger partial charge >= 0.3 is 5.97 Å². The standard InChI is InChI=1S/C14H12BrClN2O2/c1-20-14(19)9-5-6-11(16)12(7-9)17-8-10-3-2-4-13(15)18-10/h2-7,17H,8H2,1H3. The lowest BCUT2D eigenvalue weighted by molar-refractivity contribution is 0.0601. The van der Waals surface area contributed by atoms with Gasteiger partial charge in [-0.1, -0.05) is 17.7 Å². The number of anilines is 1. The van der Waals surface area contributed by atoms with Crippen LogP contribution in [0, 0.1) is 0 Å². The minimum absolute atomic E-state index is 0.398. The molecule has 1 aromatic heterocycles. The molecule has 0 spiro atoms. The number of pyridine rings is 1. The summed E-state index contributed by atoms with van der Waals surface area (Å²) in [6, 6.07) is 10.6. The Hall–Kier alpha value is -1.59. The SMILES string of the molecule is COC(=O)c1ccc(Cl)c(NCc2cccc(Br)n2)c1. The smallest absolute Gasteiger partial charge is 0.337 e. The zero-order valence-corrected chi connectivity index (χ0v) is 13.0. The fourth-order valence-electron chi connectivity index (χ4n) is 1.64. The fourth-order valence-corrected chi connectivity index (χ4v) is 2.20. The van der Waals surface area contributed by atoms with E-state index in [2.05, 4.69) is 31.0 Å². The maximum Gasteiger partial charge on any atom is 0.337 e. The van der Waals surface area contributed by atoms with Crippen molar-refractivity contribution in [3.05, 3.63) is 57.3 Å². The molecule has 0 atom stereocenters. The van der Waals surface area contributed by atoms with E-state index in [1.807, 2.05) is 18.2 Å². The highest BCUT2D eigenvalue weighted by atomic mass is 79.9. The van der Waals surface area contributed by atoms with Gasteiger partial charge in [-0.2, -0.15) is 0 Å². The lowest BCUT2D eigenvalue weighted by Gasteiger charge is -2.09. The Balaban J connectivity index is 2.14. The molecule has 1 aromatic carbocycles. The summed E-state index contributed by atoms with van der Waals surface area (Å²) >= 11 is 9.41. The molecule has 0 amide bonds. The monoisotopic (exact) mass is 354 g/mol. The van der Waals surface area contributed by atoms with Gasteiger partial charge in [-0.15, -0.1) is 0 Å². The number of ether oxygens (including phenoxy) is 1. The average molecular weight is 356 g/mol. The van der Waals surface area contributed by atoms with Crippen LogP contribution in [-0.4, -0.2) is 18.1 Å². The summed E-state index contributed by atoms with van der Waals surface area (Å²) in [5, 5.41) is 3.69. The molecule has 20 heavy (non-hydrogen) atoms. The van der Waals surface area contributed by atoms with E-state index in [0.29, 0.717) is 22.8 Å². The van der Waals surface area contributed by atoms with Gasteiger partial charge in [0.1, 0.15) is 4.60 Å². The molecule has 0 unspecified atom stereocenters. The Morgan fingerprint density at radius 2 is 2.20 bits per heavy atom. The number of carbonyl (C=O) groups is 1. The van der Waals surface area contributed by atoms with Crippen LogP contribution in [0.5, 0.6) is 0 Å². The van der Waals surface area contributed by atoms with E-state index in [0.717, 1.165) is 10.3 Å². The highest BCUT2D eigenvalue weighted by molar-refractivity contribution is 9.10. The summed E-state index contributed by atoms with van der Waals surface area (Å²) in [5.41, 5.74) is 1.97. The van der Waals surface area contributed by atoms with Crippen molar-refractivity contribution in [1.82, 2.24) is 4.98 Å². The summed E-state index contributed by atoms with van der Waals surface area (Å²) in [4.78, 5) is 15.8. The maximum atomic E-state index is 11.5. The molecular formula is C14H12BrClN2O2. The normalized spacial score (nSPS) is 10.2. The average Bonchev–Trinajstić information content (AvgIpc) is 2.45. The van der Waals surface area contributed by atoms with Crippen molar-refractivity contribution < 1.29 is 9.53 Å². The quantitative estimate of drug-likeness (QED) is 0.667. The lowest BCUT2D eigenvalue weighted by atomic mass is 10.2. The predicted molar refractivity (Wildman–Crippen MR) is 82.1 cm³/mol. The molecule has 104 valence electrons. The Bertz CT molecular complexity index is 634. The third kappa shape index (κ3) is 3.71. The number of aromatic nitrogens is 1. The number of carbonyl (C=O) groups excluding carboxylic acids is 1. The second-order valence-corrected chi connectivity index (χ2v) is 5.21. The molecule has 0 saturated carbocycles. The van der Waals surface area contributed by atoms with Gasteiger partial charge < -0.3 is 10.1 Å². The van der Waals surface area contributed by atoms with Crippen LogP contribution < -0.4 is 5.32 Å². The minimum Gasteiger partial charge on any atom is -0.465 e. The van der Waals surface area contributed by atoms with Crippen molar-refractivity contribution in [2.75, 3.05) is 12.4 Å². The zero-order valence-electron chi connectivity index (χ0n) is 10.7. The van der Waals surface area contributed by atoms with Crippen LogP contribution >= 0.6 is 27.5 Å². The van der Waals surface area contributed by atoms with E-state index in [1.54, 1.807) is 18.2 Å². The van der Waals surface area contributed by atoms with Gasteiger partial charge in [-0.25, -0.2) is 9.78 Å². The van der Waals surface area contributed by atoms with Crippen LogP contribution in [0.4, 0.5) is 5.69 Å². The number of nitrogens with zero attached hydrogens (tertiary/aromatic N) is 1. The second-order valence-electron chi connectivity index (χ2n) is 3.99. The van der Waals surface area contributed by atoms with E-state index >= 15 is 0 Å². The van der Waals surface area contributed by atoms with E-state index in [4.69, 9.17) is 11.6 Å². The first kappa shape index (κ1) is 14.8. The molecule has 0 aliphatic heterocycles. The van der Waals surface area contributed by atoms with Crippen molar-refractivity contribution in [3.63, 3.8) is 0 Å². The topological polar surface area (TPSA) is 51.2 Å². The van der Waals surface area contributed by atoms with Crippen molar-refractivity contribution in [2.24, 2.45) is 0 Å². The molecule has 2 rings (SSSR count). The van der Waals surface area contributed by atoms with Crippen LogP contribution in [0.3, 0.4) is 0 Å². The van der Waals surface area contributed by atoms with Crippen LogP contribution in [0.25, 0.3) is 0 Å². The van der Waals surface area contributed by atoms with Gasteiger partial charge in [-0.3, -0.25) is 0 Å². The Morgan fingerprint density at radius 3 is 2.90 bits per heavy atom. The summed E-state index contributed by atoms with van der Waals surface area (Å²) in [7, 11) is 1.34. The van der Waals surface area contributed by atoms with Gasteiger partial charge in [0.2, 0.25) is 0 Å². The number of esters is 1. The highest BCUT2D eigenvalue weighted by Crippen LogP contribution is 2.24. The number of halogens is 2. The molecule has 0 radical (unpaired) electrons. The van der Waals surface area contributed by atoms with Crippen LogP contribution in [-0.2, 0) is 11.3 Å². The summed E-state index contributed by atoms with van der Waals surface area (Å²) in [5.74, 6) is -0.398. The van der Waals surface area contributed by atoms with E-state index < -0.39 is 5.97 Å². The van der Waals surface area contributed by atoms with E-state index in [1.165, 1.54) is 7.11 Å². The highest BCUT2D eigenvalue weighted by Gasteiger charge is 2.09. The van der Waals surface area contributed by atoms with Gasteiger partial charge in [0.15, 0.2) is 0 Å². The largest absolute Gasteiger partial charge is 0.465 e.